The summed E-state index contributed by atoms with van der Waals surface area (Å²) in [5.74, 6) is -0.188. The fourth-order valence-corrected chi connectivity index (χ4v) is 7.06. The third kappa shape index (κ3) is 4.61. The van der Waals surface area contributed by atoms with Gasteiger partial charge in [0.05, 0.1) is 18.7 Å². The molecule has 3 saturated heterocycles. The van der Waals surface area contributed by atoms with E-state index in [1.807, 2.05) is 4.72 Å². The van der Waals surface area contributed by atoms with E-state index in [-0.39, 0.29) is 11.8 Å². The molecular weight excluding hydrogens is 399 g/mol. The average molecular weight is 433 g/mol. The van der Waals surface area contributed by atoms with Gasteiger partial charge in [-0.25, -0.2) is 9.11 Å². The Labute approximate surface area is 172 Å². The zero-order valence-electron chi connectivity index (χ0n) is 16.8. The number of fused-ring (bicyclic) bond motifs is 1. The van der Waals surface area contributed by atoms with Gasteiger partial charge in [0, 0.05) is 12.5 Å². The quantitative estimate of drug-likeness (QED) is 0.559. The van der Waals surface area contributed by atoms with Crippen molar-refractivity contribution in [3.63, 3.8) is 0 Å². The molecule has 6 atom stereocenters. The fourth-order valence-electron chi connectivity index (χ4n) is 5.72. The lowest BCUT2D eigenvalue weighted by Crippen LogP contribution is -2.61. The number of hydrogen-bond acceptors (Lipinski definition) is 6. The number of carbonyl (C=O) groups is 1. The number of amides is 1. The number of likely N-dealkylation sites (tertiary alicyclic amines) is 1. The molecule has 0 radical (unpaired) electrons. The van der Waals surface area contributed by atoms with Gasteiger partial charge in [-0.2, -0.15) is 12.7 Å². The smallest absolute Gasteiger partial charge is 0.304 e. The molecule has 3 heterocycles. The molecule has 1 amide bonds. The van der Waals surface area contributed by atoms with Gasteiger partial charge in [0.15, 0.2) is 0 Å². The van der Waals surface area contributed by atoms with Crippen molar-refractivity contribution in [2.24, 2.45) is 17.8 Å². The van der Waals surface area contributed by atoms with Crippen LogP contribution in [0.2, 0.25) is 0 Å². The number of hydrogen-bond donors (Lipinski definition) is 3. The van der Waals surface area contributed by atoms with Crippen LogP contribution in [0, 0.1) is 17.8 Å². The number of nitrogens with zero attached hydrogens (tertiary/aromatic N) is 2. The van der Waals surface area contributed by atoms with Gasteiger partial charge in [0.2, 0.25) is 5.91 Å². The third-order valence-electron chi connectivity index (χ3n) is 7.23. The van der Waals surface area contributed by atoms with Crippen molar-refractivity contribution in [3.8, 4) is 0 Å². The number of carbonyl (C=O) groups excluding carboxylic acids is 1. The molecule has 3 N–H and O–H groups in total. The van der Waals surface area contributed by atoms with Crippen molar-refractivity contribution in [3.05, 3.63) is 0 Å². The molecule has 4 fully saturated rings. The Hall–Kier alpha value is -0.810. The number of aliphatic hydroxyl groups excluding tert-OH is 1. The minimum Gasteiger partial charge on any atom is -0.391 e. The molecule has 29 heavy (non-hydrogen) atoms. The number of aliphatic hydroxyl groups is 1. The molecule has 0 spiro atoms. The van der Waals surface area contributed by atoms with E-state index in [1.165, 1.54) is 19.3 Å². The van der Waals surface area contributed by atoms with Crippen molar-refractivity contribution in [1.82, 2.24) is 19.2 Å². The highest BCUT2D eigenvalue weighted by Gasteiger charge is 2.53. The van der Waals surface area contributed by atoms with Crippen molar-refractivity contribution in [2.45, 2.75) is 56.8 Å². The Kier molecular flexibility index (Phi) is 6.46. The summed E-state index contributed by atoms with van der Waals surface area (Å²) in [5.41, 5.74) is 0. The zero-order chi connectivity index (χ0) is 20.6. The van der Waals surface area contributed by atoms with Crippen molar-refractivity contribution < 1.29 is 22.7 Å². The van der Waals surface area contributed by atoms with Crippen molar-refractivity contribution >= 4 is 16.1 Å². The topological polar surface area (TPSA) is 102 Å². The largest absolute Gasteiger partial charge is 0.391 e. The second kappa shape index (κ2) is 8.74. The molecule has 1 aliphatic carbocycles. The summed E-state index contributed by atoms with van der Waals surface area (Å²) in [6, 6.07) is -1.19. The standard InChI is InChI=1S/C19H33FN4O4S/c20-18-15-11-23(7-2-4-13-3-1-6-21-10-13)8-5-14(15)9-16(25)19(18)24-12-17(26)22-29(24,27)28/h13-16,18-19,21,25H,1-12H2,(H,22,26). The van der Waals surface area contributed by atoms with Gasteiger partial charge < -0.3 is 15.3 Å². The maximum Gasteiger partial charge on any atom is 0.304 e. The van der Waals surface area contributed by atoms with E-state index in [0.29, 0.717) is 13.0 Å². The highest BCUT2D eigenvalue weighted by Crippen LogP contribution is 2.41. The summed E-state index contributed by atoms with van der Waals surface area (Å²) >= 11 is 0. The maximum absolute atomic E-state index is 15.5. The monoisotopic (exact) mass is 432 g/mol. The van der Waals surface area contributed by atoms with E-state index in [2.05, 4.69) is 10.2 Å². The summed E-state index contributed by atoms with van der Waals surface area (Å²) in [6.07, 6.45) is 3.43. The van der Waals surface area contributed by atoms with Crippen LogP contribution in [0.25, 0.3) is 0 Å². The minimum atomic E-state index is -4.07. The fraction of sp³-hybridized carbons (Fsp3) is 0.947. The van der Waals surface area contributed by atoms with Crippen LogP contribution >= 0.6 is 0 Å². The van der Waals surface area contributed by atoms with Crippen LogP contribution in [0.1, 0.15) is 38.5 Å². The lowest BCUT2D eigenvalue weighted by atomic mass is 9.70. The van der Waals surface area contributed by atoms with Crippen molar-refractivity contribution in [2.75, 3.05) is 39.3 Å². The van der Waals surface area contributed by atoms with E-state index in [9.17, 15) is 18.3 Å². The molecule has 0 bridgehead atoms. The van der Waals surface area contributed by atoms with E-state index < -0.39 is 41.0 Å². The van der Waals surface area contributed by atoms with Gasteiger partial charge in [-0.3, -0.25) is 4.79 Å². The summed E-state index contributed by atoms with van der Waals surface area (Å²) < 4.78 is 42.6. The highest BCUT2D eigenvalue weighted by molar-refractivity contribution is 7.88. The first-order valence-corrected chi connectivity index (χ1v) is 12.4. The highest BCUT2D eigenvalue weighted by atomic mass is 32.2. The number of nitrogens with one attached hydrogen (secondary N) is 2. The molecule has 0 aromatic heterocycles. The Morgan fingerprint density at radius 3 is 2.79 bits per heavy atom. The first kappa shape index (κ1) is 21.4. The number of piperidine rings is 2. The number of alkyl halides is 1. The molecule has 6 unspecified atom stereocenters. The van der Waals surface area contributed by atoms with Gasteiger partial charge >= 0.3 is 10.2 Å². The van der Waals surface area contributed by atoms with E-state index >= 15 is 4.39 Å². The lowest BCUT2D eigenvalue weighted by molar-refractivity contribution is -0.120. The molecule has 8 nitrogen and oxygen atoms in total. The van der Waals surface area contributed by atoms with Gasteiger partial charge in [-0.15, -0.1) is 0 Å². The van der Waals surface area contributed by atoms with Crippen LogP contribution in [0.3, 0.4) is 0 Å². The number of halogens is 1. The van der Waals surface area contributed by atoms with Crippen LogP contribution in [0.15, 0.2) is 0 Å². The van der Waals surface area contributed by atoms with Gasteiger partial charge in [-0.05, 0) is 76.5 Å². The third-order valence-corrected chi connectivity index (χ3v) is 8.71. The zero-order valence-corrected chi connectivity index (χ0v) is 17.6. The van der Waals surface area contributed by atoms with Crippen LogP contribution in [-0.2, 0) is 15.0 Å². The normalized spacial score (nSPS) is 41.1. The second-order valence-electron chi connectivity index (χ2n) is 9.18. The molecule has 4 aliphatic rings. The maximum atomic E-state index is 15.5. The molecule has 1 saturated carbocycles. The van der Waals surface area contributed by atoms with Crippen LogP contribution in [-0.4, -0.2) is 86.2 Å². The molecule has 0 aromatic rings. The first-order chi connectivity index (χ1) is 13.8. The summed E-state index contributed by atoms with van der Waals surface area (Å²) in [5, 5.41) is 13.9. The number of rotatable bonds is 5. The summed E-state index contributed by atoms with van der Waals surface area (Å²) in [6.45, 7) is 4.21. The molecule has 10 heteroatoms. The van der Waals surface area contributed by atoms with E-state index in [4.69, 9.17) is 0 Å². The van der Waals surface area contributed by atoms with E-state index in [1.54, 1.807) is 0 Å². The first-order valence-electron chi connectivity index (χ1n) is 10.9. The van der Waals surface area contributed by atoms with Gasteiger partial charge in [0.25, 0.3) is 0 Å². The molecule has 166 valence electrons. The Morgan fingerprint density at radius 1 is 1.28 bits per heavy atom. The Balaban J connectivity index is 1.35. The molecule has 0 aromatic carbocycles. The minimum absolute atomic E-state index is 0.0593. The second-order valence-corrected chi connectivity index (χ2v) is 10.8. The predicted molar refractivity (Wildman–Crippen MR) is 106 cm³/mol. The Morgan fingerprint density at radius 2 is 2.10 bits per heavy atom. The van der Waals surface area contributed by atoms with Gasteiger partial charge in [0.1, 0.15) is 6.17 Å². The lowest BCUT2D eigenvalue weighted by Gasteiger charge is -2.48. The predicted octanol–water partition coefficient (Wildman–Crippen LogP) is -0.148. The van der Waals surface area contributed by atoms with Crippen molar-refractivity contribution in [1.29, 1.82) is 0 Å². The van der Waals surface area contributed by atoms with Crippen LogP contribution in [0.5, 0.6) is 0 Å². The van der Waals surface area contributed by atoms with E-state index in [0.717, 1.165) is 49.2 Å². The summed E-state index contributed by atoms with van der Waals surface area (Å²) in [4.78, 5) is 13.9. The molecular formula is C19H33FN4O4S. The Bertz CT molecular complexity index is 702. The van der Waals surface area contributed by atoms with Gasteiger partial charge in [-0.1, -0.05) is 0 Å². The van der Waals surface area contributed by atoms with Crippen LogP contribution in [0.4, 0.5) is 4.39 Å². The van der Waals surface area contributed by atoms with Crippen LogP contribution < -0.4 is 10.0 Å². The molecule has 3 aliphatic heterocycles. The SMILES string of the molecule is O=C1CN(C2C(O)CC3CCN(CCCC4CCCNC4)CC3C2F)S(=O)(=O)N1. The summed E-state index contributed by atoms with van der Waals surface area (Å²) in [7, 11) is -4.07. The molecule has 4 rings (SSSR count). The average Bonchev–Trinajstić information content (AvgIpc) is 2.95.